The molecular weight excluding hydrogens is 306 g/mol. The van der Waals surface area contributed by atoms with Crippen LogP contribution in [0.2, 0.25) is 0 Å². The number of ether oxygens (including phenoxy) is 1. The number of aryl methyl sites for hydroxylation is 1. The Morgan fingerprint density at radius 1 is 1.47 bits per heavy atom. The van der Waals surface area contributed by atoms with Crippen LogP contribution in [0.3, 0.4) is 0 Å². The quantitative estimate of drug-likeness (QED) is 0.871. The molecule has 0 spiro atoms. The molecule has 19 heavy (non-hydrogen) atoms. The lowest BCUT2D eigenvalue weighted by molar-refractivity contribution is 0.0523. The minimum Gasteiger partial charge on any atom is -0.381 e. The Hall–Kier alpha value is -0.390. The summed E-state index contributed by atoms with van der Waals surface area (Å²) < 4.78 is 8.72. The van der Waals surface area contributed by atoms with E-state index >= 15 is 0 Å². The Labute approximate surface area is 124 Å². The van der Waals surface area contributed by atoms with Crippen molar-refractivity contribution < 1.29 is 4.74 Å². The lowest BCUT2D eigenvalue weighted by Gasteiger charge is -2.31. The van der Waals surface area contributed by atoms with Gasteiger partial charge in [0.05, 0.1) is 22.4 Å². The number of hydrogen-bond donors (Lipinski definition) is 1. The van der Waals surface area contributed by atoms with Crippen molar-refractivity contribution in [1.82, 2.24) is 15.1 Å². The first-order valence-electron chi connectivity index (χ1n) is 7.30. The van der Waals surface area contributed by atoms with Crippen LogP contribution in [0.15, 0.2) is 10.7 Å². The zero-order chi connectivity index (χ0) is 13.7. The van der Waals surface area contributed by atoms with Gasteiger partial charge in [-0.25, -0.2) is 0 Å². The molecule has 1 aliphatic rings. The second kappa shape index (κ2) is 7.41. The fourth-order valence-corrected chi connectivity index (χ4v) is 3.31. The van der Waals surface area contributed by atoms with Gasteiger partial charge in [-0.15, -0.1) is 0 Å². The number of hydrogen-bond acceptors (Lipinski definition) is 3. The highest BCUT2D eigenvalue weighted by atomic mass is 79.9. The molecule has 1 N–H and O–H groups in total. The Bertz CT molecular complexity index is 388. The van der Waals surface area contributed by atoms with E-state index in [-0.39, 0.29) is 0 Å². The average molecular weight is 330 g/mol. The fourth-order valence-electron chi connectivity index (χ4n) is 2.77. The minimum atomic E-state index is 0.376. The van der Waals surface area contributed by atoms with Gasteiger partial charge in [0.1, 0.15) is 0 Å². The van der Waals surface area contributed by atoms with Crippen LogP contribution in [0.1, 0.15) is 44.8 Å². The van der Waals surface area contributed by atoms with Gasteiger partial charge in [-0.05, 0) is 54.6 Å². The highest BCUT2D eigenvalue weighted by Gasteiger charge is 2.29. The Morgan fingerprint density at radius 2 is 2.21 bits per heavy atom. The maximum absolute atomic E-state index is 5.50. The molecule has 1 unspecified atom stereocenters. The Balaban J connectivity index is 2.22. The standard InChI is InChI=1S/C14H24BrN3O/c1-3-7-16-13(11-5-8-19-9-6-11)14-12(15)10-17-18(14)4-2/h10-11,13,16H,3-9H2,1-2H3. The molecule has 0 bridgehead atoms. The third-order valence-electron chi connectivity index (χ3n) is 3.78. The second-order valence-corrected chi connectivity index (χ2v) is 5.93. The maximum atomic E-state index is 5.50. The SMILES string of the molecule is CCCNC(c1c(Br)cnn1CC)C1CCOCC1. The van der Waals surface area contributed by atoms with Crippen molar-refractivity contribution in [2.24, 2.45) is 5.92 Å². The summed E-state index contributed by atoms with van der Waals surface area (Å²) in [5.74, 6) is 0.638. The lowest BCUT2D eigenvalue weighted by atomic mass is 9.89. The third kappa shape index (κ3) is 3.58. The van der Waals surface area contributed by atoms with Crippen LogP contribution >= 0.6 is 15.9 Å². The molecule has 2 rings (SSSR count). The van der Waals surface area contributed by atoms with Gasteiger partial charge in [-0.3, -0.25) is 4.68 Å². The van der Waals surface area contributed by atoms with Gasteiger partial charge in [0.2, 0.25) is 0 Å². The normalized spacial score (nSPS) is 18.7. The van der Waals surface area contributed by atoms with Crippen LogP contribution in [0.4, 0.5) is 0 Å². The second-order valence-electron chi connectivity index (χ2n) is 5.08. The van der Waals surface area contributed by atoms with E-state index in [4.69, 9.17) is 4.74 Å². The van der Waals surface area contributed by atoms with Crippen LogP contribution < -0.4 is 5.32 Å². The first-order chi connectivity index (χ1) is 9.27. The summed E-state index contributed by atoms with van der Waals surface area (Å²) in [4.78, 5) is 0. The number of rotatable bonds is 6. The number of aromatic nitrogens is 2. The van der Waals surface area contributed by atoms with E-state index in [0.29, 0.717) is 12.0 Å². The molecule has 2 heterocycles. The molecule has 0 radical (unpaired) electrons. The summed E-state index contributed by atoms with van der Waals surface area (Å²) in [7, 11) is 0. The molecule has 1 saturated heterocycles. The van der Waals surface area contributed by atoms with Crippen LogP contribution in [0.25, 0.3) is 0 Å². The van der Waals surface area contributed by atoms with Crippen LogP contribution in [0.5, 0.6) is 0 Å². The first kappa shape index (κ1) is 15.0. The van der Waals surface area contributed by atoms with Crippen LogP contribution in [-0.2, 0) is 11.3 Å². The van der Waals surface area contributed by atoms with Crippen molar-refractivity contribution in [1.29, 1.82) is 0 Å². The van der Waals surface area contributed by atoms with Gasteiger partial charge in [-0.2, -0.15) is 5.10 Å². The third-order valence-corrected chi connectivity index (χ3v) is 4.39. The fraction of sp³-hybridized carbons (Fsp3) is 0.786. The molecule has 1 aliphatic heterocycles. The predicted octanol–water partition coefficient (Wildman–Crippen LogP) is 3.13. The zero-order valence-electron chi connectivity index (χ0n) is 11.9. The summed E-state index contributed by atoms with van der Waals surface area (Å²) in [6.45, 7) is 8.07. The summed E-state index contributed by atoms with van der Waals surface area (Å²) >= 11 is 3.66. The number of nitrogens with zero attached hydrogens (tertiary/aromatic N) is 2. The van der Waals surface area contributed by atoms with Crippen molar-refractivity contribution in [3.63, 3.8) is 0 Å². The molecule has 0 saturated carbocycles. The van der Waals surface area contributed by atoms with Crippen molar-refractivity contribution in [3.8, 4) is 0 Å². The molecule has 4 nitrogen and oxygen atoms in total. The highest BCUT2D eigenvalue weighted by molar-refractivity contribution is 9.10. The number of halogens is 1. The molecule has 0 aliphatic carbocycles. The zero-order valence-corrected chi connectivity index (χ0v) is 13.4. The van der Waals surface area contributed by atoms with Crippen LogP contribution in [-0.4, -0.2) is 29.5 Å². The van der Waals surface area contributed by atoms with Crippen LogP contribution in [0, 0.1) is 5.92 Å². The molecule has 0 amide bonds. The molecule has 1 fully saturated rings. The van der Waals surface area contributed by atoms with E-state index < -0.39 is 0 Å². The molecule has 1 atom stereocenters. The van der Waals surface area contributed by atoms with Crippen molar-refractivity contribution in [2.45, 2.75) is 45.7 Å². The molecule has 0 aromatic carbocycles. The van der Waals surface area contributed by atoms with Crippen molar-refractivity contribution >= 4 is 15.9 Å². The molecule has 108 valence electrons. The molecule has 1 aromatic heterocycles. The van der Waals surface area contributed by atoms with Gasteiger partial charge >= 0.3 is 0 Å². The van der Waals surface area contributed by atoms with E-state index in [0.717, 1.165) is 50.0 Å². The van der Waals surface area contributed by atoms with E-state index in [1.807, 2.05) is 6.20 Å². The van der Waals surface area contributed by atoms with E-state index in [1.165, 1.54) is 5.69 Å². The lowest BCUT2D eigenvalue weighted by Crippen LogP contribution is -2.34. The van der Waals surface area contributed by atoms with Gasteiger partial charge in [-0.1, -0.05) is 6.92 Å². The Kier molecular flexibility index (Phi) is 5.85. The smallest absolute Gasteiger partial charge is 0.0698 e. The highest BCUT2D eigenvalue weighted by Crippen LogP contribution is 2.34. The predicted molar refractivity (Wildman–Crippen MR) is 80.2 cm³/mol. The molecular formula is C14H24BrN3O. The maximum Gasteiger partial charge on any atom is 0.0698 e. The van der Waals surface area contributed by atoms with E-state index in [2.05, 4.69) is 44.9 Å². The minimum absolute atomic E-state index is 0.376. The topological polar surface area (TPSA) is 39.1 Å². The first-order valence-corrected chi connectivity index (χ1v) is 8.09. The van der Waals surface area contributed by atoms with E-state index in [9.17, 15) is 0 Å². The summed E-state index contributed by atoms with van der Waals surface area (Å²) in [6, 6.07) is 0.376. The van der Waals surface area contributed by atoms with Gasteiger partial charge < -0.3 is 10.1 Å². The molecule has 1 aromatic rings. The van der Waals surface area contributed by atoms with Gasteiger partial charge in [0.15, 0.2) is 0 Å². The largest absolute Gasteiger partial charge is 0.381 e. The van der Waals surface area contributed by atoms with Gasteiger partial charge in [0, 0.05) is 19.8 Å². The van der Waals surface area contributed by atoms with E-state index in [1.54, 1.807) is 0 Å². The number of nitrogens with one attached hydrogen (secondary N) is 1. The van der Waals surface area contributed by atoms with Crippen molar-refractivity contribution in [2.75, 3.05) is 19.8 Å². The average Bonchev–Trinajstić information content (AvgIpc) is 2.82. The summed E-state index contributed by atoms with van der Waals surface area (Å²) in [6.07, 6.45) is 5.32. The monoisotopic (exact) mass is 329 g/mol. The van der Waals surface area contributed by atoms with Gasteiger partial charge in [0.25, 0.3) is 0 Å². The Morgan fingerprint density at radius 3 is 2.84 bits per heavy atom. The summed E-state index contributed by atoms with van der Waals surface area (Å²) in [5.41, 5.74) is 1.29. The molecule has 5 heteroatoms. The summed E-state index contributed by atoms with van der Waals surface area (Å²) in [5, 5.41) is 8.17. The van der Waals surface area contributed by atoms with Crippen molar-refractivity contribution in [3.05, 3.63) is 16.4 Å².